The Balaban J connectivity index is 1.40. The van der Waals surface area contributed by atoms with Crippen LogP contribution in [-0.4, -0.2) is 0 Å². The van der Waals surface area contributed by atoms with Crippen LogP contribution in [0.3, 0.4) is 0 Å². The first-order chi connectivity index (χ1) is 14.6. The second kappa shape index (κ2) is 9.15. The van der Waals surface area contributed by atoms with Gasteiger partial charge in [-0.15, -0.1) is 12.3 Å². The van der Waals surface area contributed by atoms with Crippen LogP contribution in [0.1, 0.15) is 48.8 Å². The van der Waals surface area contributed by atoms with Crippen LogP contribution in [0.25, 0.3) is 10.8 Å². The Morgan fingerprint density at radius 1 is 0.833 bits per heavy atom. The van der Waals surface area contributed by atoms with Gasteiger partial charge in [0.1, 0.15) is 11.6 Å². The quantitative estimate of drug-likeness (QED) is 0.421. The van der Waals surface area contributed by atoms with Crippen molar-refractivity contribution in [2.24, 2.45) is 11.8 Å². The van der Waals surface area contributed by atoms with Crippen molar-refractivity contribution in [2.45, 2.75) is 38.5 Å². The summed E-state index contributed by atoms with van der Waals surface area (Å²) in [4.78, 5) is 0. The van der Waals surface area contributed by atoms with Crippen LogP contribution in [-0.2, 0) is 6.42 Å². The Morgan fingerprint density at radius 3 is 2.37 bits per heavy atom. The van der Waals surface area contributed by atoms with Crippen LogP contribution in [0, 0.1) is 47.7 Å². The van der Waals surface area contributed by atoms with Gasteiger partial charge in [0.15, 0.2) is 0 Å². The van der Waals surface area contributed by atoms with Gasteiger partial charge in [0, 0.05) is 11.5 Å². The minimum atomic E-state index is -0.279. The Bertz CT molecular complexity index is 1150. The molecule has 0 spiro atoms. The average Bonchev–Trinajstić information content (AvgIpc) is 2.77. The summed E-state index contributed by atoms with van der Waals surface area (Å²) in [6.45, 7) is 0. The van der Waals surface area contributed by atoms with Crippen molar-refractivity contribution in [2.75, 3.05) is 0 Å². The molecular weight excluding hydrogens is 374 g/mol. The molecule has 0 unspecified atom stereocenters. The van der Waals surface area contributed by atoms with Crippen LogP contribution in [0.5, 0.6) is 0 Å². The van der Waals surface area contributed by atoms with Gasteiger partial charge in [-0.25, -0.2) is 8.78 Å². The van der Waals surface area contributed by atoms with Gasteiger partial charge in [0.2, 0.25) is 0 Å². The van der Waals surface area contributed by atoms with E-state index in [-0.39, 0.29) is 11.6 Å². The topological polar surface area (TPSA) is 0 Å². The predicted molar refractivity (Wildman–Crippen MR) is 119 cm³/mol. The van der Waals surface area contributed by atoms with E-state index in [0.29, 0.717) is 17.4 Å². The highest BCUT2D eigenvalue weighted by molar-refractivity contribution is 5.83. The summed E-state index contributed by atoms with van der Waals surface area (Å²) in [7, 11) is 0. The molecule has 0 bridgehead atoms. The van der Waals surface area contributed by atoms with Crippen LogP contribution in [0.4, 0.5) is 8.78 Å². The molecule has 150 valence electrons. The Hall–Kier alpha value is -3.10. The van der Waals surface area contributed by atoms with Gasteiger partial charge in [0.25, 0.3) is 0 Å². The number of hydrogen-bond donors (Lipinski definition) is 0. The molecule has 0 heterocycles. The van der Waals surface area contributed by atoms with E-state index in [4.69, 9.17) is 6.42 Å². The largest absolute Gasteiger partial charge is 0.207 e. The minimum absolute atomic E-state index is 0.260. The van der Waals surface area contributed by atoms with Crippen LogP contribution < -0.4 is 0 Å². The molecule has 0 radical (unpaired) electrons. The number of benzene rings is 3. The molecular formula is C28H24F2. The minimum Gasteiger partial charge on any atom is -0.207 e. The summed E-state index contributed by atoms with van der Waals surface area (Å²) >= 11 is 0. The molecule has 1 saturated carbocycles. The van der Waals surface area contributed by atoms with Gasteiger partial charge >= 0.3 is 0 Å². The zero-order valence-corrected chi connectivity index (χ0v) is 16.9. The maximum absolute atomic E-state index is 14.5. The highest BCUT2D eigenvalue weighted by Gasteiger charge is 2.19. The fourth-order valence-electron chi connectivity index (χ4n) is 4.24. The molecule has 1 aliphatic rings. The number of hydrogen-bond acceptors (Lipinski definition) is 0. The molecule has 4 rings (SSSR count). The van der Waals surface area contributed by atoms with Crippen molar-refractivity contribution >= 4 is 10.8 Å². The highest BCUT2D eigenvalue weighted by Crippen LogP contribution is 2.31. The molecule has 0 aliphatic heterocycles. The van der Waals surface area contributed by atoms with Crippen molar-refractivity contribution in [1.82, 2.24) is 0 Å². The lowest BCUT2D eigenvalue weighted by Crippen LogP contribution is -2.13. The van der Waals surface area contributed by atoms with E-state index in [9.17, 15) is 8.78 Å². The molecule has 0 saturated heterocycles. The predicted octanol–water partition coefficient (Wildman–Crippen LogP) is 6.89. The molecule has 30 heavy (non-hydrogen) atoms. The second-order valence-electron chi connectivity index (χ2n) is 8.19. The lowest BCUT2D eigenvalue weighted by atomic mass is 9.80. The molecule has 2 heteroatoms. The maximum atomic E-state index is 14.5. The SMILES string of the molecule is C#CC1CCC(CCc2ccc(C#Cc3ccc4cc(F)ccc4c3)c(F)c2)CC1. The smallest absolute Gasteiger partial charge is 0.139 e. The maximum Gasteiger partial charge on any atom is 0.139 e. The Morgan fingerprint density at radius 2 is 1.60 bits per heavy atom. The van der Waals surface area contributed by atoms with E-state index in [0.717, 1.165) is 47.6 Å². The molecule has 0 amide bonds. The van der Waals surface area contributed by atoms with E-state index in [1.165, 1.54) is 25.0 Å². The summed E-state index contributed by atoms with van der Waals surface area (Å²) in [5.74, 6) is 9.42. The van der Waals surface area contributed by atoms with Gasteiger partial charge < -0.3 is 0 Å². The van der Waals surface area contributed by atoms with Gasteiger partial charge in [0.05, 0.1) is 5.56 Å². The fourth-order valence-corrected chi connectivity index (χ4v) is 4.24. The van der Waals surface area contributed by atoms with Gasteiger partial charge in [-0.05, 0) is 97.2 Å². The van der Waals surface area contributed by atoms with Crippen molar-refractivity contribution in [3.05, 3.63) is 82.9 Å². The number of halogens is 2. The lowest BCUT2D eigenvalue weighted by molar-refractivity contribution is 0.302. The van der Waals surface area contributed by atoms with E-state index < -0.39 is 0 Å². The summed E-state index contributed by atoms with van der Waals surface area (Å²) < 4.78 is 27.8. The van der Waals surface area contributed by atoms with Crippen LogP contribution in [0.2, 0.25) is 0 Å². The van der Waals surface area contributed by atoms with E-state index in [1.807, 2.05) is 24.3 Å². The summed E-state index contributed by atoms with van der Waals surface area (Å²) in [6, 6.07) is 15.6. The summed E-state index contributed by atoms with van der Waals surface area (Å²) in [6.07, 6.45) is 12.1. The highest BCUT2D eigenvalue weighted by atomic mass is 19.1. The van der Waals surface area contributed by atoms with Crippen molar-refractivity contribution in [3.63, 3.8) is 0 Å². The van der Waals surface area contributed by atoms with E-state index in [2.05, 4.69) is 17.8 Å². The van der Waals surface area contributed by atoms with E-state index in [1.54, 1.807) is 18.2 Å². The third-order valence-corrected chi connectivity index (χ3v) is 6.10. The third-order valence-electron chi connectivity index (χ3n) is 6.10. The first kappa shape index (κ1) is 20.2. The van der Waals surface area contributed by atoms with Crippen molar-refractivity contribution in [1.29, 1.82) is 0 Å². The lowest BCUT2D eigenvalue weighted by Gasteiger charge is -2.25. The monoisotopic (exact) mass is 398 g/mol. The van der Waals surface area contributed by atoms with Gasteiger partial charge in [-0.3, -0.25) is 0 Å². The molecule has 1 fully saturated rings. The first-order valence-corrected chi connectivity index (χ1v) is 10.6. The normalized spacial score (nSPS) is 18.4. The van der Waals surface area contributed by atoms with Crippen molar-refractivity contribution < 1.29 is 8.78 Å². The molecule has 3 aromatic carbocycles. The van der Waals surface area contributed by atoms with Gasteiger partial charge in [-0.1, -0.05) is 30.0 Å². The zero-order valence-electron chi connectivity index (χ0n) is 16.9. The second-order valence-corrected chi connectivity index (χ2v) is 8.19. The van der Waals surface area contributed by atoms with Crippen LogP contribution >= 0.6 is 0 Å². The Labute approximate surface area is 177 Å². The number of rotatable bonds is 3. The molecule has 0 aromatic heterocycles. The standard InChI is InChI=1S/C28H24F2/c1-2-20-3-5-21(6-4-20)7-8-23-10-13-24(28(30)18-23)12-9-22-11-14-26-19-27(29)16-15-25(26)17-22/h1,10-11,13-21H,3-8H2. The Kier molecular flexibility index (Phi) is 6.15. The fraction of sp³-hybridized carbons (Fsp3) is 0.286. The first-order valence-electron chi connectivity index (χ1n) is 10.6. The van der Waals surface area contributed by atoms with Crippen molar-refractivity contribution in [3.8, 4) is 24.2 Å². The summed E-state index contributed by atoms with van der Waals surface area (Å²) in [5, 5.41) is 1.74. The molecule has 3 aromatic rings. The average molecular weight is 398 g/mol. The summed E-state index contributed by atoms with van der Waals surface area (Å²) in [5.41, 5.74) is 2.19. The number of aryl methyl sites for hydroxylation is 1. The molecule has 0 nitrogen and oxygen atoms in total. The third kappa shape index (κ3) is 4.90. The molecule has 0 atom stereocenters. The molecule has 1 aliphatic carbocycles. The molecule has 0 N–H and O–H groups in total. The van der Waals surface area contributed by atoms with Gasteiger partial charge in [-0.2, -0.15) is 0 Å². The zero-order chi connectivity index (χ0) is 20.9. The number of fused-ring (bicyclic) bond motifs is 1. The number of terminal acetylenes is 1. The van der Waals surface area contributed by atoms with Crippen LogP contribution in [0.15, 0.2) is 54.6 Å². The van der Waals surface area contributed by atoms with E-state index >= 15 is 0 Å².